The number of hydrogen-bond donors (Lipinski definition) is 1. The molecule has 3 heterocycles. The van der Waals surface area contributed by atoms with Crippen LogP contribution in [0.3, 0.4) is 0 Å². The minimum atomic E-state index is -4.72. The smallest absolute Gasteiger partial charge is 0.400 e. The number of aromatic nitrogens is 2. The quantitative estimate of drug-likeness (QED) is 0.226. The van der Waals surface area contributed by atoms with E-state index in [1.807, 2.05) is 0 Å². The van der Waals surface area contributed by atoms with Crippen LogP contribution in [0.5, 0.6) is 0 Å². The maximum absolute atomic E-state index is 13.7. The molecule has 3 fully saturated rings. The molecule has 9 nitrogen and oxygen atoms in total. The first-order valence-electron chi connectivity index (χ1n) is 17.4. The van der Waals surface area contributed by atoms with Crippen LogP contribution in [-0.4, -0.2) is 87.6 Å². The van der Waals surface area contributed by atoms with Crippen LogP contribution in [0.2, 0.25) is 0 Å². The minimum absolute atomic E-state index is 0.00948. The van der Waals surface area contributed by atoms with Gasteiger partial charge in [-0.2, -0.15) is 31.4 Å². The number of carbonyl (C=O) groups is 3. The van der Waals surface area contributed by atoms with Crippen molar-refractivity contribution >= 4 is 17.8 Å². The molecule has 1 spiro atoms. The van der Waals surface area contributed by atoms with E-state index in [9.17, 15) is 50.2 Å². The molecule has 1 saturated carbocycles. The molecule has 3 aromatic rings. The molecule has 1 aromatic heterocycles. The Hall–Kier alpha value is -4.47. The first kappa shape index (κ1) is 38.3. The van der Waals surface area contributed by atoms with Gasteiger partial charge in [-0.15, -0.1) is 0 Å². The molecule has 1 aliphatic carbocycles. The standard InChI is InChI=1S/C37H39F7N4O5/c1-22(36(39,40)41)32(49)47-20-35(21-47)19-46(33(50)26-13-45-48(15-26)14-23-5-11-29(38)12-6-23)16-28(35)18-53-17-25-3-2-4-30(31(25)34(51)52)24-7-9-27(10-8-24)37(42,43)44/h2-6,11-13,15,22,24,27-28H,7-10,14,16-21H2,1H3,(H,51,52)/t22?,24?,27?,28-/m0/s1. The lowest BCUT2D eigenvalue weighted by molar-refractivity contribution is -0.193. The lowest BCUT2D eigenvalue weighted by Gasteiger charge is -2.51. The molecule has 2 atom stereocenters. The average Bonchev–Trinajstić information content (AvgIpc) is 3.72. The van der Waals surface area contributed by atoms with Gasteiger partial charge in [0.1, 0.15) is 11.7 Å². The molecule has 286 valence electrons. The fourth-order valence-corrected chi connectivity index (χ4v) is 7.96. The summed E-state index contributed by atoms with van der Waals surface area (Å²) in [6.07, 6.45) is -5.90. The Labute approximate surface area is 300 Å². The summed E-state index contributed by atoms with van der Waals surface area (Å²) in [6.45, 7) is 1.10. The zero-order chi connectivity index (χ0) is 38.3. The zero-order valence-electron chi connectivity index (χ0n) is 28.8. The van der Waals surface area contributed by atoms with Crippen LogP contribution in [0.25, 0.3) is 0 Å². The Morgan fingerprint density at radius 1 is 0.962 bits per heavy atom. The van der Waals surface area contributed by atoms with E-state index in [0.717, 1.165) is 17.4 Å². The number of benzene rings is 2. The minimum Gasteiger partial charge on any atom is -0.478 e. The maximum Gasteiger partial charge on any atom is 0.400 e. The highest BCUT2D eigenvalue weighted by Gasteiger charge is 2.58. The van der Waals surface area contributed by atoms with Gasteiger partial charge in [0, 0.05) is 43.7 Å². The van der Waals surface area contributed by atoms with Crippen molar-refractivity contribution < 1.29 is 55.0 Å². The molecule has 2 amide bonds. The molecule has 1 unspecified atom stereocenters. The highest BCUT2D eigenvalue weighted by molar-refractivity contribution is 5.94. The molecular formula is C37H39F7N4O5. The van der Waals surface area contributed by atoms with Crippen molar-refractivity contribution in [1.29, 1.82) is 0 Å². The van der Waals surface area contributed by atoms with Crippen molar-refractivity contribution in [2.75, 3.05) is 32.8 Å². The number of alkyl halides is 6. The van der Waals surface area contributed by atoms with Crippen molar-refractivity contribution in [3.8, 4) is 0 Å². The second-order valence-corrected chi connectivity index (χ2v) is 14.5. The van der Waals surface area contributed by atoms with E-state index in [-0.39, 0.29) is 94.6 Å². The fourth-order valence-electron chi connectivity index (χ4n) is 7.96. The largest absolute Gasteiger partial charge is 0.478 e. The number of carboxylic acids is 1. The molecule has 3 aliphatic rings. The summed E-state index contributed by atoms with van der Waals surface area (Å²) >= 11 is 0. The first-order chi connectivity index (χ1) is 24.9. The van der Waals surface area contributed by atoms with E-state index >= 15 is 0 Å². The third-order valence-corrected chi connectivity index (χ3v) is 11.0. The maximum atomic E-state index is 13.7. The summed E-state index contributed by atoms with van der Waals surface area (Å²) in [5, 5.41) is 14.4. The van der Waals surface area contributed by atoms with Crippen molar-refractivity contribution in [3.05, 3.63) is 88.5 Å². The predicted octanol–water partition coefficient (Wildman–Crippen LogP) is 6.92. The number of ether oxygens (including phenoxy) is 1. The Bertz CT molecular complexity index is 1810. The van der Waals surface area contributed by atoms with E-state index in [4.69, 9.17) is 4.74 Å². The van der Waals surface area contributed by atoms with Gasteiger partial charge in [0.05, 0.1) is 43.0 Å². The Kier molecular flexibility index (Phi) is 10.6. The zero-order valence-corrected chi connectivity index (χ0v) is 28.8. The Morgan fingerprint density at radius 2 is 1.62 bits per heavy atom. The van der Waals surface area contributed by atoms with Gasteiger partial charge in [0.15, 0.2) is 0 Å². The fraction of sp³-hybridized carbons (Fsp3) is 0.514. The molecular weight excluding hydrogens is 713 g/mol. The van der Waals surface area contributed by atoms with E-state index in [1.165, 1.54) is 23.0 Å². The monoisotopic (exact) mass is 752 g/mol. The van der Waals surface area contributed by atoms with E-state index in [2.05, 4.69) is 5.10 Å². The van der Waals surface area contributed by atoms with Crippen LogP contribution in [0.4, 0.5) is 30.7 Å². The van der Waals surface area contributed by atoms with Gasteiger partial charge < -0.3 is 19.6 Å². The molecule has 16 heteroatoms. The molecule has 6 rings (SSSR count). The van der Waals surface area contributed by atoms with Crippen molar-refractivity contribution in [2.24, 2.45) is 23.2 Å². The summed E-state index contributed by atoms with van der Waals surface area (Å²) in [4.78, 5) is 41.5. The van der Waals surface area contributed by atoms with Gasteiger partial charge >= 0.3 is 18.3 Å². The van der Waals surface area contributed by atoms with E-state index in [0.29, 0.717) is 11.1 Å². The Balaban J connectivity index is 1.16. The second-order valence-electron chi connectivity index (χ2n) is 14.5. The molecule has 2 aromatic carbocycles. The van der Waals surface area contributed by atoms with Gasteiger partial charge in [0.2, 0.25) is 5.91 Å². The highest BCUT2D eigenvalue weighted by Crippen LogP contribution is 2.47. The van der Waals surface area contributed by atoms with E-state index in [1.54, 1.807) is 41.4 Å². The molecule has 0 radical (unpaired) electrons. The number of carboxylic acid groups (broad SMARTS) is 1. The van der Waals surface area contributed by atoms with Gasteiger partial charge in [-0.1, -0.05) is 30.3 Å². The van der Waals surface area contributed by atoms with Crippen LogP contribution in [-0.2, 0) is 22.7 Å². The van der Waals surface area contributed by atoms with Crippen LogP contribution in [0.1, 0.15) is 75.9 Å². The van der Waals surface area contributed by atoms with Crippen LogP contribution >= 0.6 is 0 Å². The molecule has 0 bridgehead atoms. The summed E-state index contributed by atoms with van der Waals surface area (Å²) in [5.74, 6) is -7.50. The number of rotatable bonds is 10. The molecule has 2 aliphatic heterocycles. The van der Waals surface area contributed by atoms with Crippen LogP contribution < -0.4 is 0 Å². The lowest BCUT2D eigenvalue weighted by atomic mass is 9.71. The lowest BCUT2D eigenvalue weighted by Crippen LogP contribution is -2.64. The first-order valence-corrected chi connectivity index (χ1v) is 17.4. The van der Waals surface area contributed by atoms with Gasteiger partial charge in [-0.3, -0.25) is 14.3 Å². The topological polar surface area (TPSA) is 105 Å². The molecule has 2 saturated heterocycles. The summed E-state index contributed by atoms with van der Waals surface area (Å²) < 4.78 is 101. The SMILES string of the molecule is CC(C(=O)N1CC2(CN(C(=O)c3cnn(Cc4ccc(F)cc4)c3)C[C@H]2COCc2cccc(C3CCC(C(F)(F)F)CC3)c2C(=O)O)C1)C(F)(F)F. The van der Waals surface area contributed by atoms with Gasteiger partial charge in [-0.25, -0.2) is 9.18 Å². The third kappa shape index (κ3) is 8.21. The normalized spacial score (nSPS) is 22.2. The summed E-state index contributed by atoms with van der Waals surface area (Å²) in [6, 6.07) is 10.6. The van der Waals surface area contributed by atoms with Gasteiger partial charge in [-0.05, 0) is 67.3 Å². The second kappa shape index (κ2) is 14.7. The number of halogens is 7. The number of amides is 2. The van der Waals surface area contributed by atoms with Crippen molar-refractivity contribution in [1.82, 2.24) is 19.6 Å². The van der Waals surface area contributed by atoms with Gasteiger partial charge in [0.25, 0.3) is 5.91 Å². The van der Waals surface area contributed by atoms with E-state index < -0.39 is 53.2 Å². The molecule has 53 heavy (non-hydrogen) atoms. The summed E-state index contributed by atoms with van der Waals surface area (Å²) in [5.41, 5.74) is 0.971. The van der Waals surface area contributed by atoms with Crippen LogP contribution in [0.15, 0.2) is 54.9 Å². The summed E-state index contributed by atoms with van der Waals surface area (Å²) in [7, 11) is 0. The average molecular weight is 753 g/mol. The number of likely N-dealkylation sites (tertiary alicyclic amines) is 2. The number of carbonyl (C=O) groups excluding carboxylic acids is 2. The van der Waals surface area contributed by atoms with Crippen LogP contribution in [0, 0.1) is 29.0 Å². The molecule has 1 N–H and O–H groups in total. The number of hydrogen-bond acceptors (Lipinski definition) is 5. The number of aromatic carboxylic acids is 1. The predicted molar refractivity (Wildman–Crippen MR) is 175 cm³/mol. The third-order valence-electron chi connectivity index (χ3n) is 11.0. The van der Waals surface area contributed by atoms with Crippen molar-refractivity contribution in [2.45, 2.75) is 64.0 Å². The number of nitrogens with zero attached hydrogens (tertiary/aromatic N) is 4. The van der Waals surface area contributed by atoms with Crippen molar-refractivity contribution in [3.63, 3.8) is 0 Å². The highest BCUT2D eigenvalue weighted by atomic mass is 19.4. The Morgan fingerprint density at radius 3 is 2.25 bits per heavy atom.